The van der Waals surface area contributed by atoms with Gasteiger partial charge in [-0.05, 0) is 43.9 Å². The van der Waals surface area contributed by atoms with Gasteiger partial charge in [-0.25, -0.2) is 4.98 Å². The summed E-state index contributed by atoms with van der Waals surface area (Å²) in [6, 6.07) is 6.18. The molecule has 1 aromatic carbocycles. The zero-order valence-corrected chi connectivity index (χ0v) is 18.1. The number of aryl methyl sites for hydroxylation is 1. The zero-order chi connectivity index (χ0) is 19.1. The van der Waals surface area contributed by atoms with Crippen molar-refractivity contribution in [3.05, 3.63) is 45.3 Å². The maximum Gasteiger partial charge on any atom is 0.148 e. The monoisotopic (exact) mass is 447 g/mol. The van der Waals surface area contributed by atoms with Crippen LogP contribution in [0.1, 0.15) is 44.0 Å². The van der Waals surface area contributed by atoms with E-state index in [0.29, 0.717) is 5.92 Å². The molecule has 1 aliphatic rings. The maximum absolute atomic E-state index is 6.75. The quantitative estimate of drug-likeness (QED) is 0.525. The molecule has 0 radical (unpaired) electrons. The standard InChI is InChI=1S/C20H23BrClN5/c1-12(2)11-27-20(22)19(13(3)25-27)17-5-4-8-26(17)18-10-23-16-9-14(21)6-7-15(16)24-18/h6-7,9-10,12,17H,4-5,8,11H2,1-3H3. The lowest BCUT2D eigenvalue weighted by Crippen LogP contribution is -2.24. The summed E-state index contributed by atoms with van der Waals surface area (Å²) in [7, 11) is 0. The van der Waals surface area contributed by atoms with E-state index in [0.717, 1.165) is 63.7 Å². The van der Waals surface area contributed by atoms with E-state index in [1.807, 2.05) is 29.1 Å². The van der Waals surface area contributed by atoms with Crippen molar-refractivity contribution in [1.82, 2.24) is 19.7 Å². The highest BCUT2D eigenvalue weighted by Crippen LogP contribution is 2.40. The van der Waals surface area contributed by atoms with Crippen LogP contribution in [0.15, 0.2) is 28.9 Å². The minimum atomic E-state index is 0.195. The minimum absolute atomic E-state index is 0.195. The van der Waals surface area contributed by atoms with Gasteiger partial charge in [0.1, 0.15) is 11.0 Å². The van der Waals surface area contributed by atoms with Crippen molar-refractivity contribution < 1.29 is 0 Å². The van der Waals surface area contributed by atoms with Crippen molar-refractivity contribution in [2.24, 2.45) is 5.92 Å². The van der Waals surface area contributed by atoms with Crippen LogP contribution in [0.25, 0.3) is 11.0 Å². The third-order valence-electron chi connectivity index (χ3n) is 5.02. The van der Waals surface area contributed by atoms with Crippen LogP contribution < -0.4 is 4.90 Å². The van der Waals surface area contributed by atoms with Gasteiger partial charge in [-0.3, -0.25) is 9.67 Å². The molecule has 3 heterocycles. The van der Waals surface area contributed by atoms with E-state index < -0.39 is 0 Å². The lowest BCUT2D eigenvalue weighted by atomic mass is 10.1. The van der Waals surface area contributed by atoms with Gasteiger partial charge in [-0.15, -0.1) is 0 Å². The number of hydrogen-bond donors (Lipinski definition) is 0. The number of aromatic nitrogens is 4. The molecule has 0 bridgehead atoms. The summed E-state index contributed by atoms with van der Waals surface area (Å²) in [5.41, 5.74) is 3.94. The Morgan fingerprint density at radius 1 is 1.30 bits per heavy atom. The third kappa shape index (κ3) is 3.57. The van der Waals surface area contributed by atoms with Crippen LogP contribution in [0.4, 0.5) is 5.82 Å². The number of rotatable bonds is 4. The van der Waals surface area contributed by atoms with Crippen LogP contribution >= 0.6 is 27.5 Å². The molecule has 27 heavy (non-hydrogen) atoms. The predicted molar refractivity (Wildman–Crippen MR) is 113 cm³/mol. The van der Waals surface area contributed by atoms with Crippen LogP contribution in [0.2, 0.25) is 5.15 Å². The summed E-state index contributed by atoms with van der Waals surface area (Å²) in [5, 5.41) is 5.46. The fraction of sp³-hybridized carbons (Fsp3) is 0.450. The van der Waals surface area contributed by atoms with Crippen molar-refractivity contribution in [3.63, 3.8) is 0 Å². The number of nitrogens with zero attached hydrogens (tertiary/aromatic N) is 5. The van der Waals surface area contributed by atoms with Gasteiger partial charge in [0.2, 0.25) is 0 Å². The predicted octanol–water partition coefficient (Wildman–Crippen LogP) is 5.55. The highest BCUT2D eigenvalue weighted by Gasteiger charge is 2.32. The molecule has 1 saturated heterocycles. The second kappa shape index (κ2) is 7.40. The smallest absolute Gasteiger partial charge is 0.148 e. The summed E-state index contributed by atoms with van der Waals surface area (Å²) in [4.78, 5) is 11.8. The fourth-order valence-corrected chi connectivity index (χ4v) is 4.58. The molecule has 0 saturated carbocycles. The van der Waals surface area contributed by atoms with E-state index in [4.69, 9.17) is 21.7 Å². The molecular formula is C20H23BrClN5. The number of anilines is 1. The first-order chi connectivity index (χ1) is 12.9. The normalized spacial score (nSPS) is 17.4. The molecule has 1 fully saturated rings. The number of benzene rings is 1. The van der Waals surface area contributed by atoms with Gasteiger partial charge < -0.3 is 4.90 Å². The van der Waals surface area contributed by atoms with Crippen molar-refractivity contribution in [3.8, 4) is 0 Å². The van der Waals surface area contributed by atoms with Crippen molar-refractivity contribution >= 4 is 44.4 Å². The van der Waals surface area contributed by atoms with Gasteiger partial charge in [0.15, 0.2) is 0 Å². The molecular weight excluding hydrogens is 426 g/mol. The van der Waals surface area contributed by atoms with E-state index in [1.165, 1.54) is 0 Å². The first-order valence-electron chi connectivity index (χ1n) is 9.36. The summed E-state index contributed by atoms with van der Waals surface area (Å²) < 4.78 is 2.95. The van der Waals surface area contributed by atoms with Crippen LogP contribution in [-0.4, -0.2) is 26.3 Å². The highest BCUT2D eigenvalue weighted by atomic mass is 79.9. The zero-order valence-electron chi connectivity index (χ0n) is 15.8. The average molecular weight is 449 g/mol. The Morgan fingerprint density at radius 2 is 2.11 bits per heavy atom. The van der Waals surface area contributed by atoms with E-state index in [1.54, 1.807) is 0 Å². The molecule has 142 valence electrons. The number of hydrogen-bond acceptors (Lipinski definition) is 4. The number of halogens is 2. The lowest BCUT2D eigenvalue weighted by Gasteiger charge is -2.26. The van der Waals surface area contributed by atoms with E-state index in [9.17, 15) is 0 Å². The first kappa shape index (κ1) is 18.7. The van der Waals surface area contributed by atoms with Gasteiger partial charge in [-0.1, -0.05) is 41.4 Å². The Hall–Kier alpha value is -1.66. The van der Waals surface area contributed by atoms with Crippen molar-refractivity contribution in [2.45, 2.75) is 46.2 Å². The van der Waals surface area contributed by atoms with E-state index in [-0.39, 0.29) is 6.04 Å². The van der Waals surface area contributed by atoms with Crippen LogP contribution in [0.5, 0.6) is 0 Å². The average Bonchev–Trinajstić information content (AvgIpc) is 3.19. The summed E-state index contributed by atoms with van der Waals surface area (Å²) in [6.07, 6.45) is 4.03. The third-order valence-corrected chi connectivity index (χ3v) is 5.91. The molecule has 0 spiro atoms. The molecule has 5 nitrogen and oxygen atoms in total. The van der Waals surface area contributed by atoms with E-state index in [2.05, 4.69) is 46.6 Å². The number of fused-ring (bicyclic) bond motifs is 1. The molecule has 0 aliphatic carbocycles. The van der Waals surface area contributed by atoms with Crippen molar-refractivity contribution in [2.75, 3.05) is 11.4 Å². The summed E-state index contributed by atoms with van der Waals surface area (Å²) in [5.74, 6) is 1.40. The Kier molecular flexibility index (Phi) is 5.12. The molecule has 4 rings (SSSR count). The Bertz CT molecular complexity index is 984. The molecule has 1 unspecified atom stereocenters. The van der Waals surface area contributed by atoms with Gasteiger partial charge in [-0.2, -0.15) is 5.10 Å². The Balaban J connectivity index is 1.71. The maximum atomic E-state index is 6.75. The molecule has 2 aromatic heterocycles. The SMILES string of the molecule is Cc1nn(CC(C)C)c(Cl)c1C1CCCN1c1cnc2cc(Br)ccc2n1. The van der Waals surface area contributed by atoms with Gasteiger partial charge in [0.05, 0.1) is 29.0 Å². The largest absolute Gasteiger partial charge is 0.348 e. The lowest BCUT2D eigenvalue weighted by molar-refractivity contribution is 0.481. The minimum Gasteiger partial charge on any atom is -0.348 e. The topological polar surface area (TPSA) is 46.8 Å². The fourth-order valence-electron chi connectivity index (χ4n) is 3.87. The van der Waals surface area contributed by atoms with Gasteiger partial charge >= 0.3 is 0 Å². The molecule has 7 heteroatoms. The molecule has 1 atom stereocenters. The Morgan fingerprint density at radius 3 is 2.89 bits per heavy atom. The molecule has 1 aliphatic heterocycles. The van der Waals surface area contributed by atoms with Crippen LogP contribution in [0, 0.1) is 12.8 Å². The molecule has 0 amide bonds. The van der Waals surface area contributed by atoms with Crippen molar-refractivity contribution in [1.29, 1.82) is 0 Å². The summed E-state index contributed by atoms with van der Waals surface area (Å²) in [6.45, 7) is 8.19. The van der Waals surface area contributed by atoms with Crippen LogP contribution in [-0.2, 0) is 6.54 Å². The molecule has 0 N–H and O–H groups in total. The molecule has 3 aromatic rings. The highest BCUT2D eigenvalue weighted by molar-refractivity contribution is 9.10. The summed E-state index contributed by atoms with van der Waals surface area (Å²) >= 11 is 10.2. The van der Waals surface area contributed by atoms with Gasteiger partial charge in [0.25, 0.3) is 0 Å². The second-order valence-corrected chi connectivity index (χ2v) is 8.85. The second-order valence-electron chi connectivity index (χ2n) is 7.58. The Labute approximate surface area is 172 Å². The van der Waals surface area contributed by atoms with Gasteiger partial charge in [0, 0.05) is 23.1 Å². The first-order valence-corrected chi connectivity index (χ1v) is 10.5. The van der Waals surface area contributed by atoms with E-state index >= 15 is 0 Å². The van der Waals surface area contributed by atoms with Crippen LogP contribution in [0.3, 0.4) is 0 Å².